The minimum atomic E-state index is -0.258. The van der Waals surface area contributed by atoms with E-state index in [1.165, 1.54) is 11.3 Å². The number of carbonyl (C=O) groups is 2. The van der Waals surface area contributed by atoms with Crippen LogP contribution in [-0.2, 0) is 4.74 Å². The normalized spacial score (nSPS) is 14.2. The molecule has 0 saturated heterocycles. The molecule has 0 heterocycles. The van der Waals surface area contributed by atoms with Crippen LogP contribution in [0.5, 0.6) is 5.75 Å². The van der Waals surface area contributed by atoms with E-state index in [0.717, 1.165) is 30.2 Å². The number of nitrogens with zero attached hydrogens (tertiary/aromatic N) is 1. The van der Waals surface area contributed by atoms with Gasteiger partial charge in [-0.1, -0.05) is 47.3 Å². The Morgan fingerprint density at radius 3 is 2.55 bits per heavy atom. The van der Waals surface area contributed by atoms with Gasteiger partial charge in [0, 0.05) is 24.7 Å². The molecule has 2 aromatic rings. The highest BCUT2D eigenvalue weighted by Crippen LogP contribution is 2.28. The maximum Gasteiger partial charge on any atom is 0.261 e. The number of anilines is 1. The zero-order chi connectivity index (χ0) is 22.2. The third kappa shape index (κ3) is 6.08. The van der Waals surface area contributed by atoms with Crippen molar-refractivity contribution in [2.75, 3.05) is 32.3 Å². The van der Waals surface area contributed by atoms with E-state index in [2.05, 4.69) is 21.2 Å². The predicted molar refractivity (Wildman–Crippen MR) is 125 cm³/mol. The summed E-state index contributed by atoms with van der Waals surface area (Å²) in [4.78, 5) is 27.9. The Labute approximate surface area is 192 Å². The summed E-state index contributed by atoms with van der Waals surface area (Å²) in [5, 5.41) is 3.14. The lowest BCUT2D eigenvalue weighted by atomic mass is 9.95. The summed E-state index contributed by atoms with van der Waals surface area (Å²) in [6.07, 6.45) is 5.51. The second-order valence-electron chi connectivity index (χ2n) is 7.67. The number of amides is 2. The molecule has 1 fully saturated rings. The molecule has 1 aliphatic carbocycles. The number of nitrogens with one attached hydrogen (secondary N) is 1. The number of ether oxygens (including phenoxy) is 2. The van der Waals surface area contributed by atoms with Gasteiger partial charge in [0.2, 0.25) is 0 Å². The van der Waals surface area contributed by atoms with E-state index in [-0.39, 0.29) is 17.9 Å². The number of carbonyl (C=O) groups excluding carboxylic acids is 2. The Morgan fingerprint density at radius 2 is 1.81 bits per heavy atom. The summed E-state index contributed by atoms with van der Waals surface area (Å²) in [6, 6.07) is 12.7. The first-order valence-corrected chi connectivity index (χ1v) is 11.4. The Hall–Kier alpha value is -2.38. The second kappa shape index (κ2) is 11.3. The second-order valence-corrected chi connectivity index (χ2v) is 8.59. The molecule has 166 valence electrons. The van der Waals surface area contributed by atoms with Crippen LogP contribution < -0.4 is 15.0 Å². The number of rotatable bonds is 8. The maximum absolute atomic E-state index is 13.4. The zero-order valence-electron chi connectivity index (χ0n) is 18.0. The van der Waals surface area contributed by atoms with Gasteiger partial charge in [0.25, 0.3) is 11.8 Å². The van der Waals surface area contributed by atoms with Crippen molar-refractivity contribution in [1.82, 2.24) is 5.32 Å². The minimum absolute atomic E-state index is 0.145. The quantitative estimate of drug-likeness (QED) is 0.541. The number of hydrogen-bond acceptors (Lipinski definition) is 4. The van der Waals surface area contributed by atoms with Crippen molar-refractivity contribution in [3.05, 3.63) is 58.1 Å². The maximum atomic E-state index is 13.4. The van der Waals surface area contributed by atoms with E-state index >= 15 is 0 Å². The molecular weight excluding hydrogens is 460 g/mol. The third-order valence-corrected chi connectivity index (χ3v) is 5.97. The Morgan fingerprint density at radius 1 is 1.06 bits per heavy atom. The first-order valence-electron chi connectivity index (χ1n) is 10.6. The standard InChI is InChI=1S/C24H29BrN2O4/c1-27(24(29)20-16-17(25)12-13-22(20)31-15-14-30-2)21-11-7-6-10-19(21)23(28)26-18-8-4-3-5-9-18/h6-7,10-13,16,18H,3-5,8-9,14-15H2,1-2H3,(H,26,28). The lowest BCUT2D eigenvalue weighted by molar-refractivity contribution is 0.0928. The molecule has 0 radical (unpaired) electrons. The highest BCUT2D eigenvalue weighted by Gasteiger charge is 2.24. The molecule has 1 N–H and O–H groups in total. The largest absolute Gasteiger partial charge is 0.490 e. The van der Waals surface area contributed by atoms with Crippen LogP contribution in [0.15, 0.2) is 46.9 Å². The van der Waals surface area contributed by atoms with Crippen LogP contribution in [0.25, 0.3) is 0 Å². The molecule has 0 atom stereocenters. The van der Waals surface area contributed by atoms with Gasteiger partial charge in [-0.2, -0.15) is 0 Å². The molecule has 2 amide bonds. The fraction of sp³-hybridized carbons (Fsp3) is 0.417. The van der Waals surface area contributed by atoms with Gasteiger partial charge in [-0.3, -0.25) is 9.59 Å². The lowest BCUT2D eigenvalue weighted by Crippen LogP contribution is -2.37. The number of para-hydroxylation sites is 1. The van der Waals surface area contributed by atoms with Gasteiger partial charge < -0.3 is 19.7 Å². The molecule has 1 aliphatic rings. The first-order chi connectivity index (χ1) is 15.0. The Balaban J connectivity index is 1.83. The Bertz CT molecular complexity index is 912. The molecule has 0 spiro atoms. The predicted octanol–water partition coefficient (Wildman–Crippen LogP) is 4.81. The van der Waals surface area contributed by atoms with E-state index in [4.69, 9.17) is 9.47 Å². The SMILES string of the molecule is COCCOc1ccc(Br)cc1C(=O)N(C)c1ccccc1C(=O)NC1CCCCC1. The molecule has 2 aromatic carbocycles. The monoisotopic (exact) mass is 488 g/mol. The number of halogens is 1. The fourth-order valence-electron chi connectivity index (χ4n) is 3.79. The van der Waals surface area contributed by atoms with Gasteiger partial charge in [-0.05, 0) is 43.2 Å². The van der Waals surface area contributed by atoms with Crippen LogP contribution in [-0.4, -0.2) is 45.2 Å². The van der Waals surface area contributed by atoms with Gasteiger partial charge >= 0.3 is 0 Å². The molecule has 3 rings (SSSR count). The van der Waals surface area contributed by atoms with Gasteiger partial charge in [-0.25, -0.2) is 0 Å². The summed E-state index contributed by atoms with van der Waals surface area (Å²) in [5.41, 5.74) is 1.46. The summed E-state index contributed by atoms with van der Waals surface area (Å²) in [6.45, 7) is 0.756. The molecule has 31 heavy (non-hydrogen) atoms. The van der Waals surface area contributed by atoms with E-state index in [0.29, 0.717) is 35.8 Å². The molecule has 0 bridgehead atoms. The van der Waals surface area contributed by atoms with Crippen molar-refractivity contribution in [3.8, 4) is 5.75 Å². The van der Waals surface area contributed by atoms with Gasteiger partial charge in [-0.15, -0.1) is 0 Å². The van der Waals surface area contributed by atoms with E-state index < -0.39 is 0 Å². The molecule has 1 saturated carbocycles. The van der Waals surface area contributed by atoms with Crippen molar-refractivity contribution in [2.45, 2.75) is 38.1 Å². The number of benzene rings is 2. The highest BCUT2D eigenvalue weighted by atomic mass is 79.9. The fourth-order valence-corrected chi connectivity index (χ4v) is 4.15. The molecule has 0 aliphatic heterocycles. The van der Waals surface area contributed by atoms with Crippen LogP contribution in [0.3, 0.4) is 0 Å². The third-order valence-electron chi connectivity index (χ3n) is 5.47. The van der Waals surface area contributed by atoms with Crippen molar-refractivity contribution in [3.63, 3.8) is 0 Å². The van der Waals surface area contributed by atoms with Crippen molar-refractivity contribution in [1.29, 1.82) is 0 Å². The van der Waals surface area contributed by atoms with Crippen LogP contribution in [0, 0.1) is 0 Å². The molecule has 7 heteroatoms. The van der Waals surface area contributed by atoms with Crippen molar-refractivity contribution in [2.24, 2.45) is 0 Å². The van der Waals surface area contributed by atoms with Crippen molar-refractivity contribution < 1.29 is 19.1 Å². The van der Waals surface area contributed by atoms with E-state index in [9.17, 15) is 9.59 Å². The topological polar surface area (TPSA) is 67.9 Å². The smallest absolute Gasteiger partial charge is 0.261 e. The lowest BCUT2D eigenvalue weighted by Gasteiger charge is -2.25. The van der Waals surface area contributed by atoms with Gasteiger partial charge in [0.15, 0.2) is 0 Å². The molecule has 0 aromatic heterocycles. The summed E-state index contributed by atoms with van der Waals surface area (Å²) in [7, 11) is 3.27. The summed E-state index contributed by atoms with van der Waals surface area (Å²) >= 11 is 3.43. The summed E-state index contributed by atoms with van der Waals surface area (Å²) in [5.74, 6) is 0.0702. The van der Waals surface area contributed by atoms with E-state index in [1.807, 2.05) is 18.2 Å². The van der Waals surface area contributed by atoms with Crippen LogP contribution >= 0.6 is 15.9 Å². The summed E-state index contributed by atoms with van der Waals surface area (Å²) < 4.78 is 11.6. The number of hydrogen-bond donors (Lipinski definition) is 1. The van der Waals surface area contributed by atoms with Crippen LogP contribution in [0.1, 0.15) is 52.8 Å². The Kier molecular flexibility index (Phi) is 8.49. The molecule has 6 nitrogen and oxygen atoms in total. The average Bonchev–Trinajstić information content (AvgIpc) is 2.80. The van der Waals surface area contributed by atoms with Gasteiger partial charge in [0.1, 0.15) is 12.4 Å². The number of methoxy groups -OCH3 is 1. The first kappa shape index (κ1) is 23.3. The molecule has 0 unspecified atom stereocenters. The van der Waals surface area contributed by atoms with Crippen LogP contribution in [0.4, 0.5) is 5.69 Å². The van der Waals surface area contributed by atoms with Crippen molar-refractivity contribution >= 4 is 33.4 Å². The van der Waals surface area contributed by atoms with Gasteiger partial charge in [0.05, 0.1) is 23.4 Å². The van der Waals surface area contributed by atoms with E-state index in [1.54, 1.807) is 38.4 Å². The minimum Gasteiger partial charge on any atom is -0.490 e. The van der Waals surface area contributed by atoms with Crippen LogP contribution in [0.2, 0.25) is 0 Å². The highest BCUT2D eigenvalue weighted by molar-refractivity contribution is 9.10. The zero-order valence-corrected chi connectivity index (χ0v) is 19.6. The molecular formula is C24H29BrN2O4. The average molecular weight is 489 g/mol.